The summed E-state index contributed by atoms with van der Waals surface area (Å²) in [5, 5.41) is 8.69. The van der Waals surface area contributed by atoms with Crippen LogP contribution in [0.3, 0.4) is 0 Å². The highest BCUT2D eigenvalue weighted by Crippen LogP contribution is 2.40. The predicted molar refractivity (Wildman–Crippen MR) is 78.4 cm³/mol. The molecule has 0 aliphatic heterocycles. The molecule has 0 saturated heterocycles. The van der Waals surface area contributed by atoms with Gasteiger partial charge in [-0.25, -0.2) is 4.79 Å². The zero-order valence-electron chi connectivity index (χ0n) is 12.7. The van der Waals surface area contributed by atoms with Crippen LogP contribution in [0.15, 0.2) is 29.4 Å². The number of nitroso groups, excluding NO2 is 1. The molecule has 0 bridgehead atoms. The summed E-state index contributed by atoms with van der Waals surface area (Å²) in [6.45, 7) is 1.76. The summed E-state index contributed by atoms with van der Waals surface area (Å²) in [5.41, 5.74) is -1.07. The largest absolute Gasteiger partial charge is 0.437 e. The number of alkyl halides is 3. The molecule has 2 aromatic rings. The topological polar surface area (TPSA) is 85.6 Å². The van der Waals surface area contributed by atoms with Crippen LogP contribution >= 0.6 is 0 Å². The first kappa shape index (κ1) is 17.4. The van der Waals surface area contributed by atoms with Crippen molar-refractivity contribution in [3.63, 3.8) is 0 Å². The van der Waals surface area contributed by atoms with E-state index < -0.39 is 23.5 Å². The van der Waals surface area contributed by atoms with E-state index in [-0.39, 0.29) is 11.6 Å². The van der Waals surface area contributed by atoms with Crippen LogP contribution in [0.25, 0.3) is 0 Å². The van der Waals surface area contributed by atoms with E-state index in [4.69, 9.17) is 4.74 Å². The Morgan fingerprint density at radius 1 is 1.38 bits per heavy atom. The smallest absolute Gasteiger partial charge is 0.420 e. The molecule has 1 N–H and O–H groups in total. The third-order valence-corrected chi connectivity index (χ3v) is 3.12. The average Bonchev–Trinajstić information content (AvgIpc) is 2.96. The Morgan fingerprint density at radius 3 is 2.62 bits per heavy atom. The fourth-order valence-corrected chi connectivity index (χ4v) is 1.98. The van der Waals surface area contributed by atoms with Crippen molar-refractivity contribution in [3.8, 4) is 11.6 Å². The summed E-state index contributed by atoms with van der Waals surface area (Å²) in [4.78, 5) is 22.1. The van der Waals surface area contributed by atoms with E-state index in [1.807, 2.05) is 0 Å². The molecular weight excluding hydrogens is 329 g/mol. The molecule has 10 heteroatoms. The second kappa shape index (κ2) is 6.69. The lowest BCUT2D eigenvalue weighted by atomic mass is 10.1. The van der Waals surface area contributed by atoms with Crippen LogP contribution in [0.1, 0.15) is 18.2 Å². The van der Waals surface area contributed by atoms with Crippen LogP contribution in [0.2, 0.25) is 0 Å². The van der Waals surface area contributed by atoms with E-state index >= 15 is 0 Å². The van der Waals surface area contributed by atoms with E-state index in [1.165, 1.54) is 13.1 Å². The second-order valence-electron chi connectivity index (χ2n) is 4.67. The highest BCUT2D eigenvalue weighted by molar-refractivity contribution is 5.76. The van der Waals surface area contributed by atoms with Gasteiger partial charge in [0.1, 0.15) is 17.0 Å². The van der Waals surface area contributed by atoms with Crippen LogP contribution in [-0.2, 0) is 12.6 Å². The van der Waals surface area contributed by atoms with Gasteiger partial charge in [-0.15, -0.1) is 10.0 Å². The van der Waals surface area contributed by atoms with Crippen molar-refractivity contribution >= 4 is 11.7 Å². The number of nitrogens with one attached hydrogen (secondary N) is 1. The summed E-state index contributed by atoms with van der Waals surface area (Å²) in [7, 11) is 1.40. The first-order chi connectivity index (χ1) is 11.3. The number of nitrogens with zero attached hydrogens (tertiary/aromatic N) is 3. The minimum Gasteiger partial charge on any atom is -0.437 e. The number of benzene rings is 1. The fraction of sp³-hybridized carbons (Fsp3) is 0.286. The van der Waals surface area contributed by atoms with Crippen molar-refractivity contribution in [2.45, 2.75) is 19.5 Å². The Balaban J connectivity index is 2.43. The number of amides is 1. The molecule has 0 radical (unpaired) electrons. The first-order valence-corrected chi connectivity index (χ1v) is 6.83. The van der Waals surface area contributed by atoms with Gasteiger partial charge in [0.15, 0.2) is 0 Å². The number of rotatable bonds is 4. The quantitative estimate of drug-likeness (QED) is 0.855. The maximum atomic E-state index is 13.1. The minimum absolute atomic E-state index is 0.173. The maximum absolute atomic E-state index is 13.1. The summed E-state index contributed by atoms with van der Waals surface area (Å²) < 4.78 is 45.4. The number of hydrogen-bond donors (Lipinski definition) is 1. The molecule has 0 unspecified atom stereocenters. The number of carbonyl (C=O) groups is 1. The summed E-state index contributed by atoms with van der Waals surface area (Å²) in [5.74, 6) is -0.716. The van der Waals surface area contributed by atoms with Gasteiger partial charge in [-0.05, 0) is 29.8 Å². The average molecular weight is 342 g/mol. The van der Waals surface area contributed by atoms with Crippen molar-refractivity contribution in [2.24, 2.45) is 5.18 Å². The molecule has 128 valence electrons. The molecule has 1 aromatic carbocycles. The molecule has 0 spiro atoms. The van der Waals surface area contributed by atoms with E-state index in [2.05, 4.69) is 15.6 Å². The highest BCUT2D eigenvalue weighted by atomic mass is 19.4. The van der Waals surface area contributed by atoms with Gasteiger partial charge in [-0.3, -0.25) is 0 Å². The van der Waals surface area contributed by atoms with Crippen LogP contribution in [0, 0.1) is 4.91 Å². The van der Waals surface area contributed by atoms with Gasteiger partial charge in [0.05, 0.1) is 5.69 Å². The molecule has 1 aromatic heterocycles. The van der Waals surface area contributed by atoms with Crippen LogP contribution in [0.4, 0.5) is 23.7 Å². The monoisotopic (exact) mass is 342 g/mol. The van der Waals surface area contributed by atoms with Crippen molar-refractivity contribution in [1.29, 1.82) is 0 Å². The molecule has 24 heavy (non-hydrogen) atoms. The molecule has 7 nitrogen and oxygen atoms in total. The molecule has 0 fully saturated rings. The van der Waals surface area contributed by atoms with Crippen LogP contribution < -0.4 is 10.1 Å². The summed E-state index contributed by atoms with van der Waals surface area (Å²) in [6, 6.07) is 3.47. The predicted octanol–water partition coefficient (Wildman–Crippen LogP) is 3.84. The Kier molecular flexibility index (Phi) is 4.86. The molecule has 2 rings (SSSR count). The number of carbonyl (C=O) groups excluding carboxylic acids is 1. The van der Waals surface area contributed by atoms with E-state index in [0.29, 0.717) is 18.2 Å². The van der Waals surface area contributed by atoms with E-state index in [9.17, 15) is 22.9 Å². The third kappa shape index (κ3) is 3.53. The Morgan fingerprint density at radius 2 is 2.08 bits per heavy atom. The standard InChI is InChI=1S/C14H13F3N4O3/c1-3-9-7-12(19-21(9)13(22)18-2)24-11-5-4-8(20-23)6-10(11)14(15,16)17/h4-7H,3H2,1-2H3,(H,18,22). The molecule has 1 heterocycles. The second-order valence-corrected chi connectivity index (χ2v) is 4.67. The van der Waals surface area contributed by atoms with Gasteiger partial charge in [0.2, 0.25) is 5.88 Å². The molecule has 0 saturated carbocycles. The highest BCUT2D eigenvalue weighted by Gasteiger charge is 2.35. The Bertz CT molecular complexity index is 771. The summed E-state index contributed by atoms with van der Waals surface area (Å²) in [6.07, 6.45) is -4.32. The van der Waals surface area contributed by atoms with Crippen molar-refractivity contribution in [1.82, 2.24) is 15.1 Å². The number of hydrogen-bond acceptors (Lipinski definition) is 5. The van der Waals surface area contributed by atoms with Crippen molar-refractivity contribution < 1.29 is 22.7 Å². The zero-order chi connectivity index (χ0) is 17.9. The van der Waals surface area contributed by atoms with Gasteiger partial charge in [-0.1, -0.05) is 6.92 Å². The van der Waals surface area contributed by atoms with E-state index in [0.717, 1.165) is 16.8 Å². The van der Waals surface area contributed by atoms with Crippen molar-refractivity contribution in [2.75, 3.05) is 7.05 Å². The molecule has 0 atom stereocenters. The lowest BCUT2D eigenvalue weighted by Crippen LogP contribution is -2.27. The minimum atomic E-state index is -4.74. The number of ether oxygens (including phenoxy) is 1. The lowest BCUT2D eigenvalue weighted by molar-refractivity contribution is -0.138. The van der Waals surface area contributed by atoms with Gasteiger partial charge >= 0.3 is 12.2 Å². The van der Waals surface area contributed by atoms with Gasteiger partial charge < -0.3 is 10.1 Å². The van der Waals surface area contributed by atoms with Gasteiger partial charge in [0.25, 0.3) is 0 Å². The maximum Gasteiger partial charge on any atom is 0.420 e. The van der Waals surface area contributed by atoms with Crippen LogP contribution in [0.5, 0.6) is 11.6 Å². The van der Waals surface area contributed by atoms with Crippen LogP contribution in [-0.4, -0.2) is 22.9 Å². The van der Waals surface area contributed by atoms with Gasteiger partial charge in [0, 0.05) is 13.1 Å². The fourth-order valence-electron chi connectivity index (χ4n) is 1.98. The van der Waals surface area contributed by atoms with Gasteiger partial charge in [-0.2, -0.15) is 17.9 Å². The summed E-state index contributed by atoms with van der Waals surface area (Å²) >= 11 is 0. The van der Waals surface area contributed by atoms with Crippen molar-refractivity contribution in [3.05, 3.63) is 40.4 Å². The Hall–Kier alpha value is -2.91. The Labute approximate surface area is 134 Å². The number of aromatic nitrogens is 2. The first-order valence-electron chi connectivity index (χ1n) is 6.83. The number of aryl methyl sites for hydroxylation is 1. The van der Waals surface area contributed by atoms with E-state index in [1.54, 1.807) is 6.92 Å². The zero-order valence-corrected chi connectivity index (χ0v) is 12.7. The third-order valence-electron chi connectivity index (χ3n) is 3.12. The molecule has 0 aliphatic rings. The molecule has 1 amide bonds. The SMILES string of the molecule is CCc1cc(Oc2ccc(N=O)cc2C(F)(F)F)nn1C(=O)NC. The molecular formula is C14H13F3N4O3. The molecule has 0 aliphatic carbocycles. The lowest BCUT2D eigenvalue weighted by Gasteiger charge is -2.12. The normalized spacial score (nSPS) is 11.2. The number of halogens is 3.